The smallest absolute Gasteiger partial charge is 0.258 e. The van der Waals surface area contributed by atoms with E-state index in [1.807, 2.05) is 0 Å². The van der Waals surface area contributed by atoms with Crippen molar-refractivity contribution < 1.29 is 4.92 Å². The Kier molecular flexibility index (Phi) is 2.13. The second-order valence-corrected chi connectivity index (χ2v) is 2.13. The number of hydrogen-bond donors (Lipinski definition) is 0. The summed E-state index contributed by atoms with van der Waals surface area (Å²) in [5.41, 5.74) is -0.426. The number of benzene rings is 1. The summed E-state index contributed by atoms with van der Waals surface area (Å²) in [6.07, 6.45) is 0. The van der Waals surface area contributed by atoms with Crippen LogP contribution in [-0.2, 0) is 0 Å². The van der Waals surface area contributed by atoms with E-state index in [2.05, 4.69) is 9.95 Å². The van der Waals surface area contributed by atoms with E-state index >= 15 is 0 Å². The average molecular weight is 177 g/mol. The lowest BCUT2D eigenvalue weighted by Gasteiger charge is -1.83. The molecule has 0 aliphatic heterocycles. The number of nitrogens with zero attached hydrogens (tertiary/aromatic N) is 5. The lowest BCUT2D eigenvalue weighted by molar-refractivity contribution is -0.384. The van der Waals surface area contributed by atoms with Gasteiger partial charge in [0.05, 0.1) is 4.92 Å². The van der Waals surface area contributed by atoms with E-state index < -0.39 is 4.92 Å². The van der Waals surface area contributed by atoms with Gasteiger partial charge < -0.3 is 0 Å². The quantitative estimate of drug-likeness (QED) is 0.373. The fourth-order valence-corrected chi connectivity index (χ4v) is 0.790. The summed E-state index contributed by atoms with van der Waals surface area (Å²) >= 11 is 0. The van der Waals surface area contributed by atoms with Crippen molar-refractivity contribution in [2.75, 3.05) is 0 Å². The fraction of sp³-hybridized carbons (Fsp3) is 0. The Morgan fingerprint density at radius 2 is 1.85 bits per heavy atom. The summed E-state index contributed by atoms with van der Waals surface area (Å²) in [6, 6.07) is 3.31. The fourth-order valence-electron chi connectivity index (χ4n) is 0.790. The molecule has 0 heterocycles. The minimum atomic E-state index is -0.643. The van der Waals surface area contributed by atoms with E-state index in [0.29, 0.717) is 0 Å². The van der Waals surface area contributed by atoms with Gasteiger partial charge in [-0.3, -0.25) is 10.1 Å². The maximum absolute atomic E-state index is 10.3. The van der Waals surface area contributed by atoms with Crippen molar-refractivity contribution >= 4 is 17.1 Å². The Labute approximate surface area is 72.0 Å². The van der Waals surface area contributed by atoms with Crippen LogP contribution in [0.1, 0.15) is 0 Å². The molecule has 7 heteroatoms. The standard InChI is InChI=1S/C6H3N5O2/c7-9-5-2-1-4(11(12)13)3-6(5)10-8/h1-3H/q+2. The highest BCUT2D eigenvalue weighted by atomic mass is 16.6. The van der Waals surface area contributed by atoms with Crippen molar-refractivity contribution in [2.45, 2.75) is 0 Å². The molecule has 0 saturated heterocycles. The molecule has 0 aliphatic rings. The minimum Gasteiger partial charge on any atom is -0.258 e. The van der Waals surface area contributed by atoms with Gasteiger partial charge in [0.15, 0.2) is 9.95 Å². The van der Waals surface area contributed by atoms with Crippen LogP contribution in [-0.4, -0.2) is 4.92 Å². The van der Waals surface area contributed by atoms with E-state index in [-0.39, 0.29) is 17.1 Å². The largest absolute Gasteiger partial charge is 0.485 e. The second-order valence-electron chi connectivity index (χ2n) is 2.13. The molecule has 0 fully saturated rings. The van der Waals surface area contributed by atoms with E-state index in [1.165, 1.54) is 6.07 Å². The maximum atomic E-state index is 10.3. The van der Waals surface area contributed by atoms with Crippen LogP contribution < -0.4 is 0 Å². The number of rotatable bonds is 1. The van der Waals surface area contributed by atoms with Gasteiger partial charge in [0, 0.05) is 12.1 Å². The predicted octanol–water partition coefficient (Wildman–Crippen LogP) is 2.56. The maximum Gasteiger partial charge on any atom is 0.485 e. The summed E-state index contributed by atoms with van der Waals surface area (Å²) < 4.78 is 0. The third-order valence-corrected chi connectivity index (χ3v) is 1.39. The summed E-state index contributed by atoms with van der Waals surface area (Å²) in [7, 11) is 0. The zero-order chi connectivity index (χ0) is 9.84. The number of hydrogen-bond acceptors (Lipinski definition) is 4. The molecule has 0 atom stereocenters. The highest BCUT2D eigenvalue weighted by molar-refractivity contribution is 5.72. The molecule has 0 radical (unpaired) electrons. The molecule has 0 saturated carbocycles. The van der Waals surface area contributed by atoms with Gasteiger partial charge in [-0.1, -0.05) is 0 Å². The molecule has 0 bridgehead atoms. The Morgan fingerprint density at radius 3 is 2.31 bits per heavy atom. The summed E-state index contributed by atoms with van der Waals surface area (Å²) in [6.45, 7) is 0. The molecule has 7 nitrogen and oxygen atoms in total. The van der Waals surface area contributed by atoms with Crippen LogP contribution in [0.15, 0.2) is 18.2 Å². The van der Waals surface area contributed by atoms with Crippen LogP contribution in [0.5, 0.6) is 0 Å². The molecule has 0 aromatic heterocycles. The van der Waals surface area contributed by atoms with Crippen molar-refractivity contribution in [1.29, 1.82) is 10.8 Å². The number of non-ortho nitro benzene ring substituents is 1. The normalized spacial score (nSPS) is 8.46. The van der Waals surface area contributed by atoms with Gasteiger partial charge in [-0.2, -0.15) is 0 Å². The second kappa shape index (κ2) is 3.24. The Balaban J connectivity index is 3.33. The average Bonchev–Trinajstić information content (AvgIpc) is 2.16. The third-order valence-electron chi connectivity index (χ3n) is 1.39. The van der Waals surface area contributed by atoms with Crippen LogP contribution in [0.25, 0.3) is 9.95 Å². The lowest BCUT2D eigenvalue weighted by Crippen LogP contribution is -1.85. The molecule has 0 spiro atoms. The molecule has 1 rings (SSSR count). The molecule has 0 aliphatic carbocycles. The number of nitro benzene ring substituents is 1. The first-order chi connectivity index (χ1) is 6.19. The van der Waals surface area contributed by atoms with E-state index in [0.717, 1.165) is 12.1 Å². The van der Waals surface area contributed by atoms with Crippen molar-refractivity contribution in [3.63, 3.8) is 0 Å². The van der Waals surface area contributed by atoms with Gasteiger partial charge in [0.25, 0.3) is 5.69 Å². The van der Waals surface area contributed by atoms with Crippen LogP contribution in [0.4, 0.5) is 17.1 Å². The SMILES string of the molecule is N#[N+]c1ccc([N+](=O)[O-])cc1[N+]#N. The van der Waals surface area contributed by atoms with Crippen LogP contribution in [0, 0.1) is 20.9 Å². The zero-order valence-electron chi connectivity index (χ0n) is 6.28. The third kappa shape index (κ3) is 1.54. The predicted molar refractivity (Wildman–Crippen MR) is 42.6 cm³/mol. The molecule has 13 heavy (non-hydrogen) atoms. The van der Waals surface area contributed by atoms with Crippen molar-refractivity contribution in [3.05, 3.63) is 38.3 Å². The van der Waals surface area contributed by atoms with E-state index in [9.17, 15) is 10.1 Å². The van der Waals surface area contributed by atoms with Crippen LogP contribution in [0.3, 0.4) is 0 Å². The molecule has 62 valence electrons. The van der Waals surface area contributed by atoms with Crippen LogP contribution in [0.2, 0.25) is 0 Å². The summed E-state index contributed by atoms with van der Waals surface area (Å²) in [4.78, 5) is 15.1. The molecule has 0 N–H and O–H groups in total. The van der Waals surface area contributed by atoms with Crippen molar-refractivity contribution in [2.24, 2.45) is 0 Å². The van der Waals surface area contributed by atoms with Gasteiger partial charge in [-0.15, -0.1) is 0 Å². The van der Waals surface area contributed by atoms with Gasteiger partial charge >= 0.3 is 11.4 Å². The first-order valence-corrected chi connectivity index (χ1v) is 3.17. The Bertz CT molecular complexity index is 441. The molecule has 1 aromatic rings. The van der Waals surface area contributed by atoms with E-state index in [1.54, 1.807) is 0 Å². The first kappa shape index (κ1) is 8.56. The highest BCUT2D eigenvalue weighted by Crippen LogP contribution is 2.31. The van der Waals surface area contributed by atoms with Gasteiger partial charge in [-0.25, -0.2) is 0 Å². The first-order valence-electron chi connectivity index (χ1n) is 3.17. The zero-order valence-corrected chi connectivity index (χ0v) is 6.28. The molecular weight excluding hydrogens is 174 g/mol. The van der Waals surface area contributed by atoms with Crippen molar-refractivity contribution in [3.8, 4) is 0 Å². The summed E-state index contributed by atoms with van der Waals surface area (Å²) in [5.74, 6) is 0. The Hall–Kier alpha value is -2.54. The highest BCUT2D eigenvalue weighted by Gasteiger charge is 2.28. The number of nitro groups is 1. The van der Waals surface area contributed by atoms with Gasteiger partial charge in [0.1, 0.15) is 6.07 Å². The summed E-state index contributed by atoms with van der Waals surface area (Å²) in [5, 5.41) is 27.0. The lowest BCUT2D eigenvalue weighted by atomic mass is 10.2. The van der Waals surface area contributed by atoms with Crippen molar-refractivity contribution in [1.82, 2.24) is 0 Å². The Morgan fingerprint density at radius 1 is 1.23 bits per heavy atom. The molecule has 1 aromatic carbocycles. The van der Waals surface area contributed by atoms with Gasteiger partial charge in [0.2, 0.25) is 10.8 Å². The monoisotopic (exact) mass is 177 g/mol. The molecule has 0 unspecified atom stereocenters. The molecular formula is C6H3N5O2+2. The molecule has 0 amide bonds. The van der Waals surface area contributed by atoms with Crippen LogP contribution >= 0.6 is 0 Å². The van der Waals surface area contributed by atoms with E-state index in [4.69, 9.17) is 10.8 Å². The topological polar surface area (TPSA) is 99.4 Å². The minimum absolute atomic E-state index is 0.0342. The number of diazo groups is 2. The van der Waals surface area contributed by atoms with Gasteiger partial charge in [-0.05, 0) is 0 Å².